The number of aromatic nitrogens is 9. The molecular formula is C82H105ClN21O13S3-. The second kappa shape index (κ2) is 36.0. The zero-order chi connectivity index (χ0) is 84.9. The van der Waals surface area contributed by atoms with Crippen LogP contribution in [0.5, 0.6) is 0 Å². The van der Waals surface area contributed by atoms with Crippen LogP contribution in [-0.2, 0) is 57.2 Å². The zero-order valence-electron chi connectivity index (χ0n) is 68.4. The highest BCUT2D eigenvalue weighted by atomic mass is 35.5. The number of nitrogen functional groups attached to an aromatic ring is 1. The van der Waals surface area contributed by atoms with Gasteiger partial charge in [0.05, 0.1) is 26.4 Å². The number of fused-ring (bicyclic) bond motifs is 12. The summed E-state index contributed by atoms with van der Waals surface area (Å²) >= 11 is 3.69. The summed E-state index contributed by atoms with van der Waals surface area (Å²) in [5.74, 6) is 0.639. The lowest BCUT2D eigenvalue weighted by molar-refractivity contribution is 0.0190. The van der Waals surface area contributed by atoms with Crippen molar-refractivity contribution in [3.05, 3.63) is 132 Å². The molecule has 6 fully saturated rings. The van der Waals surface area contributed by atoms with Gasteiger partial charge in [-0.3, -0.25) is 18.6 Å². The van der Waals surface area contributed by atoms with Crippen molar-refractivity contribution in [2.24, 2.45) is 0 Å². The number of sulfonamides is 2. The molecule has 1 atom stereocenters. The largest absolute Gasteiger partial charge is 0.768 e. The van der Waals surface area contributed by atoms with Crippen LogP contribution in [0.15, 0.2) is 124 Å². The Labute approximate surface area is 705 Å². The van der Waals surface area contributed by atoms with E-state index in [2.05, 4.69) is 70.9 Å². The highest BCUT2D eigenvalue weighted by Crippen LogP contribution is 2.44. The van der Waals surface area contributed by atoms with E-state index in [0.717, 1.165) is 123 Å². The number of nitrogens with two attached hydrogens (primary N) is 1. The number of carbonyl (C=O) groups is 5. The number of hydrogen-bond acceptors (Lipinski definition) is 24. The van der Waals surface area contributed by atoms with Crippen LogP contribution >= 0.6 is 11.6 Å². The van der Waals surface area contributed by atoms with Crippen molar-refractivity contribution in [2.75, 3.05) is 115 Å². The smallest absolute Gasteiger partial charge is 0.410 e. The highest BCUT2D eigenvalue weighted by Gasteiger charge is 2.45. The van der Waals surface area contributed by atoms with Crippen LogP contribution in [0.2, 0.25) is 5.28 Å². The van der Waals surface area contributed by atoms with Crippen molar-refractivity contribution >= 4 is 135 Å². The molecule has 9 aromatic rings. The molecule has 0 bridgehead atoms. The molecule has 6 aromatic heterocycles. The Kier molecular flexibility index (Phi) is 25.9. The van der Waals surface area contributed by atoms with Gasteiger partial charge in [-0.05, 0) is 194 Å². The minimum Gasteiger partial charge on any atom is -0.768 e. The van der Waals surface area contributed by atoms with E-state index >= 15 is 0 Å². The van der Waals surface area contributed by atoms with Crippen molar-refractivity contribution in [3.8, 4) is 0 Å². The van der Waals surface area contributed by atoms with Gasteiger partial charge in [-0.1, -0.05) is 57.8 Å². The molecule has 6 aliphatic heterocycles. The van der Waals surface area contributed by atoms with E-state index in [9.17, 15) is 49.6 Å². The minimum atomic E-state index is -3.56. The number of anilines is 5. The summed E-state index contributed by atoms with van der Waals surface area (Å²) in [5, 5.41) is 24.6. The average molecular weight is 1720 g/mol. The SMILES string of the molecule is CC(C)(C)OC(=O)N1CCN(S(=O)(=O)c2ccc(N)cc2)CC1.CC(C)(C)OC(=O)N1CCNCC1.O=C1NCC2(CCCCC2)n2c1cc1cnc(Cl)nc12.O=C1NCC2(CCCCC2)n2c1cc1cnc(Nc3ccc(S(=O)(=O)N4CCNCC4)cc3)nc12.O=C1NCC2(CCCCC2)n2c1cc1cnc(Nc3ccc(S(=O)[O-])cc3)nc12. The first-order valence-corrected chi connectivity index (χ1v) is 45.4. The molecule has 3 saturated heterocycles. The molecule has 642 valence electrons. The van der Waals surface area contributed by atoms with Gasteiger partial charge >= 0.3 is 12.2 Å². The van der Waals surface area contributed by atoms with Crippen LogP contribution in [0.4, 0.5) is 38.5 Å². The molecule has 3 saturated carbocycles. The van der Waals surface area contributed by atoms with Crippen molar-refractivity contribution in [2.45, 2.75) is 180 Å². The standard InChI is InChI=1S/C24H29N7O3S.C20H21N5O3S.C15H23N3O4S.C14H15ClN4O.C9H18N2O2/c32-22-20-14-17-15-26-23(29-21(17)31(20)24(16-27-22)8-2-1-3-9-24)28-18-4-6-19(7-5-18)35(33,34)30-12-10-25-11-13-30;26-18-16-10-13-11-21-19(23-14-4-6-15(7-5-14)29(27)28)24-17(13)25(16)20(12-22-18)8-2-1-3-9-20;1-15(2,3)22-14(19)17-8-10-18(11-9-17)23(20,21)13-6-4-12(16)5-7-13;15-13-16-7-9-6-10-12(20)17-8-14(4-2-1-3-5-14)19(10)11(9)18-13;1-9(2,3)13-8(12)11-6-4-10-5-7-11/h4-7,14-15,25H,1-3,8-13,16H2,(H,27,32)(H,26,28,29);4-7,10-11H,1-3,8-9,12H2,(H,22,26)(H,27,28)(H,21,23,24);4-7H,8-11,16H2,1-3H3;6-7H,1-5,8H2,(H,17,20);10H,4-7H2,1-3H3/p-1. The first-order chi connectivity index (χ1) is 57.3. The number of hydrogen-bond donors (Lipinski definition) is 8. The number of halogens is 1. The number of ether oxygens (including phenoxy) is 2. The van der Waals surface area contributed by atoms with Crippen molar-refractivity contribution in [3.63, 3.8) is 0 Å². The molecule has 120 heavy (non-hydrogen) atoms. The van der Waals surface area contributed by atoms with E-state index in [4.69, 9.17) is 36.8 Å². The second-order valence-corrected chi connectivity index (χ2v) is 38.9. The zero-order valence-corrected chi connectivity index (χ0v) is 71.6. The summed E-state index contributed by atoms with van der Waals surface area (Å²) in [6.45, 7) is 19.5. The number of rotatable bonds is 9. The van der Waals surface area contributed by atoms with Crippen LogP contribution in [0, 0.1) is 0 Å². The van der Waals surface area contributed by atoms with Gasteiger partial charge in [0.25, 0.3) is 17.7 Å². The van der Waals surface area contributed by atoms with Crippen LogP contribution < -0.4 is 43.0 Å². The molecule has 34 nitrogen and oxygen atoms in total. The number of piperazine rings is 3. The maximum atomic E-state index is 12.9. The normalized spacial score (nSPS) is 19.4. The Morgan fingerprint density at radius 2 is 0.825 bits per heavy atom. The van der Waals surface area contributed by atoms with E-state index in [-0.39, 0.29) is 79.1 Å². The molecule has 5 amide bonds. The van der Waals surface area contributed by atoms with Gasteiger partial charge in [-0.2, -0.15) is 23.6 Å². The topological polar surface area (TPSA) is 428 Å². The van der Waals surface area contributed by atoms with E-state index in [0.29, 0.717) is 105 Å². The van der Waals surface area contributed by atoms with Crippen molar-refractivity contribution in [1.82, 2.24) is 88.6 Å². The van der Waals surface area contributed by atoms with Gasteiger partial charge in [0, 0.05) is 155 Å². The van der Waals surface area contributed by atoms with Gasteiger partial charge in [0.15, 0.2) is 0 Å². The van der Waals surface area contributed by atoms with Crippen molar-refractivity contribution < 1.29 is 59.0 Å². The van der Waals surface area contributed by atoms with Gasteiger partial charge in [0.2, 0.25) is 37.2 Å². The van der Waals surface area contributed by atoms with Gasteiger partial charge in [0.1, 0.15) is 45.2 Å². The summed E-state index contributed by atoms with van der Waals surface area (Å²) < 4.78 is 92.7. The lowest BCUT2D eigenvalue weighted by Crippen LogP contribution is -2.52. The highest BCUT2D eigenvalue weighted by molar-refractivity contribution is 7.89. The fourth-order valence-corrected chi connectivity index (χ4v) is 20.5. The average Bonchev–Trinajstić information content (AvgIpc) is 1.54. The van der Waals surface area contributed by atoms with Gasteiger partial charge in [-0.15, -0.1) is 0 Å². The number of benzene rings is 3. The van der Waals surface area contributed by atoms with Crippen LogP contribution in [0.1, 0.15) is 169 Å². The molecule has 9 aliphatic rings. The summed E-state index contributed by atoms with van der Waals surface area (Å²) in [4.78, 5) is 91.5. The summed E-state index contributed by atoms with van der Waals surface area (Å²) in [6, 6.07) is 24.8. The van der Waals surface area contributed by atoms with Crippen molar-refractivity contribution in [1.29, 1.82) is 0 Å². The Morgan fingerprint density at radius 3 is 1.21 bits per heavy atom. The van der Waals surface area contributed by atoms with E-state index in [1.165, 1.54) is 69.9 Å². The predicted molar refractivity (Wildman–Crippen MR) is 454 cm³/mol. The van der Waals surface area contributed by atoms with E-state index in [1.807, 2.05) is 39.0 Å². The lowest BCUT2D eigenvalue weighted by atomic mass is 9.80. The van der Waals surface area contributed by atoms with Gasteiger partial charge < -0.3 is 80.5 Å². The molecule has 1 unspecified atom stereocenters. The number of nitrogens with one attached hydrogen (secondary N) is 7. The molecule has 9 N–H and O–H groups in total. The second-order valence-electron chi connectivity index (χ2n) is 33.7. The molecule has 3 spiro atoms. The third-order valence-corrected chi connectivity index (χ3v) is 27.8. The molecule has 3 aromatic carbocycles. The molecule has 12 heterocycles. The van der Waals surface area contributed by atoms with E-state index < -0.39 is 42.8 Å². The Bertz CT molecular complexity index is 5500. The summed E-state index contributed by atoms with van der Waals surface area (Å²) in [7, 11) is -7.08. The fraction of sp³-hybridized carbons (Fsp3) is 0.500. The number of carbonyl (C=O) groups excluding carboxylic acids is 5. The Morgan fingerprint density at radius 1 is 0.483 bits per heavy atom. The minimum absolute atomic E-state index is 0.0321. The fourth-order valence-electron chi connectivity index (χ4n) is 17.1. The van der Waals surface area contributed by atoms with Gasteiger partial charge in [-0.25, -0.2) is 41.4 Å². The van der Waals surface area contributed by atoms with Crippen LogP contribution in [0.3, 0.4) is 0 Å². The summed E-state index contributed by atoms with van der Waals surface area (Å²) in [5.41, 5.74) is 10.5. The Hall–Kier alpha value is -9.99. The maximum Gasteiger partial charge on any atom is 0.410 e. The molecular weight excluding hydrogens is 1620 g/mol. The quantitative estimate of drug-likeness (QED) is 0.0378. The van der Waals surface area contributed by atoms with Crippen LogP contribution in [0.25, 0.3) is 33.1 Å². The number of amides is 5. The van der Waals surface area contributed by atoms with Crippen LogP contribution in [-0.4, -0.2) is 227 Å². The monoisotopic (exact) mass is 1720 g/mol. The first-order valence-electron chi connectivity index (χ1n) is 41.0. The third-order valence-electron chi connectivity index (χ3n) is 23.1. The predicted octanol–water partition coefficient (Wildman–Crippen LogP) is 9.81. The molecule has 18 rings (SSSR count). The molecule has 38 heteroatoms. The number of nitrogens with zero attached hydrogens (tertiary/aromatic N) is 13. The van der Waals surface area contributed by atoms with E-state index in [1.54, 1.807) is 92.8 Å². The molecule has 0 radical (unpaired) electrons. The Balaban J connectivity index is 0.000000127. The lowest BCUT2D eigenvalue weighted by Gasteiger charge is -2.42. The summed E-state index contributed by atoms with van der Waals surface area (Å²) in [6.07, 6.45) is 21.4. The third kappa shape index (κ3) is 19.3. The first kappa shape index (κ1) is 86.4. The maximum absolute atomic E-state index is 12.9. The molecule has 3 aliphatic carbocycles.